The molecule has 1 aliphatic rings. The maximum Gasteiger partial charge on any atom is 0.360 e. The second kappa shape index (κ2) is 6.28. The molecular weight excluding hydrogens is 300 g/mol. The molecule has 2 N–H and O–H groups in total. The molecule has 1 aromatic carbocycles. The Bertz CT molecular complexity index is 656. The minimum atomic E-state index is -1.76. The molecule has 1 atom stereocenters. The predicted octanol–water partition coefficient (Wildman–Crippen LogP) is 1.93. The van der Waals surface area contributed by atoms with Crippen molar-refractivity contribution in [1.29, 1.82) is 0 Å². The first-order valence-electron chi connectivity index (χ1n) is 7.40. The number of ether oxygens (including phenoxy) is 2. The lowest BCUT2D eigenvalue weighted by Gasteiger charge is -2.32. The summed E-state index contributed by atoms with van der Waals surface area (Å²) < 4.78 is 10.5. The SMILES string of the molecule is CCOC(=O)C1(C)Oc2cc(NC(=O)C(C)C)ccc2NC1=O. The van der Waals surface area contributed by atoms with E-state index in [0.29, 0.717) is 17.1 Å². The number of carbonyl (C=O) groups is 3. The standard InChI is InChI=1S/C16H20N2O5/c1-5-22-15(21)16(4)14(20)18-11-7-6-10(8-12(11)23-16)17-13(19)9(2)3/h6-9H,5H2,1-4H3,(H,17,19)(H,18,20). The summed E-state index contributed by atoms with van der Waals surface area (Å²) in [6.45, 7) is 6.70. The number of benzene rings is 1. The predicted molar refractivity (Wildman–Crippen MR) is 84.2 cm³/mol. The Morgan fingerprint density at radius 3 is 2.70 bits per heavy atom. The molecule has 0 aliphatic carbocycles. The zero-order valence-corrected chi connectivity index (χ0v) is 13.6. The quantitative estimate of drug-likeness (QED) is 0.653. The summed E-state index contributed by atoms with van der Waals surface area (Å²) in [5.74, 6) is -1.38. The molecule has 23 heavy (non-hydrogen) atoms. The summed E-state index contributed by atoms with van der Waals surface area (Å²) in [6, 6.07) is 4.82. The number of hydrogen-bond acceptors (Lipinski definition) is 5. The maximum absolute atomic E-state index is 12.1. The van der Waals surface area contributed by atoms with Gasteiger partial charge in [0.25, 0.3) is 11.5 Å². The summed E-state index contributed by atoms with van der Waals surface area (Å²) in [5, 5.41) is 5.35. The van der Waals surface area contributed by atoms with Crippen LogP contribution < -0.4 is 15.4 Å². The Kier molecular flexibility index (Phi) is 4.58. The van der Waals surface area contributed by atoms with Crippen LogP contribution in [0, 0.1) is 5.92 Å². The monoisotopic (exact) mass is 320 g/mol. The summed E-state index contributed by atoms with van der Waals surface area (Å²) in [5.41, 5.74) is -0.812. The zero-order valence-electron chi connectivity index (χ0n) is 13.6. The molecule has 1 heterocycles. The number of carbonyl (C=O) groups excluding carboxylic acids is 3. The van der Waals surface area contributed by atoms with Crippen molar-refractivity contribution in [3.8, 4) is 5.75 Å². The van der Waals surface area contributed by atoms with Gasteiger partial charge in [0.2, 0.25) is 5.91 Å². The lowest BCUT2D eigenvalue weighted by molar-refractivity contribution is -0.165. The average Bonchev–Trinajstić information content (AvgIpc) is 2.48. The first-order valence-corrected chi connectivity index (χ1v) is 7.40. The van der Waals surface area contributed by atoms with E-state index in [1.807, 2.05) is 0 Å². The highest BCUT2D eigenvalue weighted by atomic mass is 16.6. The van der Waals surface area contributed by atoms with Gasteiger partial charge in [-0.2, -0.15) is 0 Å². The summed E-state index contributed by atoms with van der Waals surface area (Å²) >= 11 is 0. The zero-order chi connectivity index (χ0) is 17.2. The number of esters is 1. The van der Waals surface area contributed by atoms with Crippen LogP contribution in [-0.4, -0.2) is 30.0 Å². The molecule has 7 heteroatoms. The molecule has 1 unspecified atom stereocenters. The van der Waals surface area contributed by atoms with Gasteiger partial charge < -0.3 is 20.1 Å². The second-order valence-electron chi connectivity index (χ2n) is 5.66. The minimum Gasteiger partial charge on any atom is -0.464 e. The molecule has 0 bridgehead atoms. The topological polar surface area (TPSA) is 93.7 Å². The van der Waals surface area contributed by atoms with Crippen LogP contribution >= 0.6 is 0 Å². The number of rotatable bonds is 4. The number of fused-ring (bicyclic) bond motifs is 1. The van der Waals surface area contributed by atoms with Gasteiger partial charge in [0.05, 0.1) is 12.3 Å². The van der Waals surface area contributed by atoms with Crippen LogP contribution in [0.25, 0.3) is 0 Å². The molecule has 7 nitrogen and oxygen atoms in total. The van der Waals surface area contributed by atoms with Crippen LogP contribution in [0.5, 0.6) is 5.75 Å². The second-order valence-corrected chi connectivity index (χ2v) is 5.66. The van der Waals surface area contributed by atoms with E-state index in [4.69, 9.17) is 9.47 Å². The Hall–Kier alpha value is -2.57. The van der Waals surface area contributed by atoms with Crippen LogP contribution in [0.2, 0.25) is 0 Å². The van der Waals surface area contributed by atoms with E-state index in [-0.39, 0.29) is 18.4 Å². The molecule has 2 rings (SSSR count). The van der Waals surface area contributed by atoms with Crippen molar-refractivity contribution < 1.29 is 23.9 Å². The number of amides is 2. The van der Waals surface area contributed by atoms with Gasteiger partial charge in [-0.15, -0.1) is 0 Å². The maximum atomic E-state index is 12.1. The summed E-state index contributed by atoms with van der Waals surface area (Å²) in [4.78, 5) is 35.9. The Morgan fingerprint density at radius 2 is 2.09 bits per heavy atom. The van der Waals surface area contributed by atoms with Crippen molar-refractivity contribution in [3.63, 3.8) is 0 Å². The minimum absolute atomic E-state index is 0.141. The van der Waals surface area contributed by atoms with E-state index in [1.165, 1.54) is 6.92 Å². The lowest BCUT2D eigenvalue weighted by atomic mass is 10.0. The first-order chi connectivity index (χ1) is 10.8. The van der Waals surface area contributed by atoms with Gasteiger partial charge in [0.15, 0.2) is 0 Å². The third kappa shape index (κ3) is 3.28. The fourth-order valence-corrected chi connectivity index (χ4v) is 1.99. The van der Waals surface area contributed by atoms with Gasteiger partial charge in [-0.05, 0) is 26.0 Å². The normalized spacial score (nSPS) is 19.4. The Labute approximate surface area is 134 Å². The van der Waals surface area contributed by atoms with Gasteiger partial charge in [-0.25, -0.2) is 4.79 Å². The molecule has 2 amide bonds. The lowest BCUT2D eigenvalue weighted by Crippen LogP contribution is -2.55. The van der Waals surface area contributed by atoms with Crippen LogP contribution in [0.4, 0.5) is 11.4 Å². The van der Waals surface area contributed by atoms with Gasteiger partial charge in [0.1, 0.15) is 5.75 Å². The van der Waals surface area contributed by atoms with Crippen molar-refractivity contribution in [1.82, 2.24) is 0 Å². The van der Waals surface area contributed by atoms with Crippen LogP contribution in [0.3, 0.4) is 0 Å². The van der Waals surface area contributed by atoms with E-state index in [9.17, 15) is 14.4 Å². The summed E-state index contributed by atoms with van der Waals surface area (Å²) in [6.07, 6.45) is 0. The highest BCUT2D eigenvalue weighted by Gasteiger charge is 2.48. The van der Waals surface area contributed by atoms with E-state index in [1.54, 1.807) is 39.0 Å². The fraction of sp³-hybridized carbons (Fsp3) is 0.438. The van der Waals surface area contributed by atoms with Gasteiger partial charge in [0, 0.05) is 17.7 Å². The molecule has 1 aliphatic heterocycles. The molecule has 0 saturated heterocycles. The van der Waals surface area contributed by atoms with Crippen LogP contribution in [0.15, 0.2) is 18.2 Å². The molecule has 124 valence electrons. The molecule has 0 aromatic heterocycles. The van der Waals surface area contributed by atoms with Crippen molar-refractivity contribution in [2.45, 2.75) is 33.3 Å². The van der Waals surface area contributed by atoms with E-state index in [2.05, 4.69) is 10.6 Å². The van der Waals surface area contributed by atoms with Crippen molar-refractivity contribution in [2.24, 2.45) is 5.92 Å². The third-order valence-electron chi connectivity index (χ3n) is 3.43. The largest absolute Gasteiger partial charge is 0.464 e. The molecule has 0 fully saturated rings. The van der Waals surface area contributed by atoms with E-state index < -0.39 is 17.5 Å². The number of nitrogens with one attached hydrogen (secondary N) is 2. The number of anilines is 2. The smallest absolute Gasteiger partial charge is 0.360 e. The highest BCUT2D eigenvalue weighted by molar-refractivity contribution is 6.14. The molecule has 0 radical (unpaired) electrons. The Morgan fingerprint density at radius 1 is 1.39 bits per heavy atom. The summed E-state index contributed by atoms with van der Waals surface area (Å²) in [7, 11) is 0. The average molecular weight is 320 g/mol. The third-order valence-corrected chi connectivity index (χ3v) is 3.43. The van der Waals surface area contributed by atoms with Crippen LogP contribution in [0.1, 0.15) is 27.7 Å². The fourth-order valence-electron chi connectivity index (χ4n) is 1.99. The Balaban J connectivity index is 2.28. The van der Waals surface area contributed by atoms with Crippen molar-refractivity contribution in [3.05, 3.63) is 18.2 Å². The van der Waals surface area contributed by atoms with Gasteiger partial charge in [-0.3, -0.25) is 9.59 Å². The van der Waals surface area contributed by atoms with E-state index >= 15 is 0 Å². The first kappa shape index (κ1) is 16.8. The van der Waals surface area contributed by atoms with Gasteiger partial charge >= 0.3 is 5.97 Å². The van der Waals surface area contributed by atoms with E-state index in [0.717, 1.165) is 0 Å². The molecular formula is C16H20N2O5. The van der Waals surface area contributed by atoms with Crippen molar-refractivity contribution in [2.75, 3.05) is 17.2 Å². The van der Waals surface area contributed by atoms with Crippen LogP contribution in [-0.2, 0) is 19.1 Å². The van der Waals surface area contributed by atoms with Crippen molar-refractivity contribution >= 4 is 29.2 Å². The molecule has 1 aromatic rings. The highest BCUT2D eigenvalue weighted by Crippen LogP contribution is 2.36. The van der Waals surface area contributed by atoms with Gasteiger partial charge in [-0.1, -0.05) is 13.8 Å². The molecule has 0 saturated carbocycles. The molecule has 0 spiro atoms. The number of hydrogen-bond donors (Lipinski definition) is 2.